The highest BCUT2D eigenvalue weighted by atomic mass is 35.5. The van der Waals surface area contributed by atoms with E-state index in [0.29, 0.717) is 11.8 Å². The number of aryl methyl sites for hydroxylation is 2. The van der Waals surface area contributed by atoms with Gasteiger partial charge in [0.25, 0.3) is 0 Å². The Hall–Kier alpha value is -1.08. The van der Waals surface area contributed by atoms with Gasteiger partial charge in [-0.2, -0.15) is 0 Å². The van der Waals surface area contributed by atoms with Crippen molar-refractivity contribution in [2.45, 2.75) is 39.5 Å². The molecule has 2 heteroatoms. The first-order valence-corrected chi connectivity index (χ1v) is 6.53. The van der Waals surface area contributed by atoms with E-state index in [9.17, 15) is 0 Å². The number of benzene rings is 1. The topological polar surface area (TPSA) is 12.9 Å². The molecule has 0 bridgehead atoms. The summed E-state index contributed by atoms with van der Waals surface area (Å²) in [5, 5.41) is 1.22. The summed E-state index contributed by atoms with van der Waals surface area (Å²) in [6.07, 6.45) is 0. The van der Waals surface area contributed by atoms with Crippen LogP contribution in [0.5, 0.6) is 0 Å². The van der Waals surface area contributed by atoms with Gasteiger partial charge in [-0.05, 0) is 48.6 Å². The van der Waals surface area contributed by atoms with Gasteiger partial charge in [-0.1, -0.05) is 19.9 Å². The molecule has 1 nitrogen and oxygen atoms in total. The lowest BCUT2D eigenvalue weighted by atomic mass is 9.99. The summed E-state index contributed by atoms with van der Waals surface area (Å²) in [6, 6.07) is 6.47. The van der Waals surface area contributed by atoms with Crippen LogP contribution in [0.2, 0.25) is 0 Å². The molecule has 0 aliphatic carbocycles. The minimum Gasteiger partial charge on any atom is -0.253 e. The molecule has 0 spiro atoms. The van der Waals surface area contributed by atoms with Crippen molar-refractivity contribution in [1.29, 1.82) is 0 Å². The first-order chi connectivity index (χ1) is 8.02. The van der Waals surface area contributed by atoms with Gasteiger partial charge in [0.2, 0.25) is 0 Å². The summed E-state index contributed by atoms with van der Waals surface area (Å²) < 4.78 is 0. The fourth-order valence-electron chi connectivity index (χ4n) is 2.27. The van der Waals surface area contributed by atoms with Crippen molar-refractivity contribution in [3.63, 3.8) is 0 Å². The van der Waals surface area contributed by atoms with E-state index in [1.54, 1.807) is 0 Å². The zero-order valence-corrected chi connectivity index (χ0v) is 11.6. The van der Waals surface area contributed by atoms with Gasteiger partial charge >= 0.3 is 0 Å². The zero-order chi connectivity index (χ0) is 12.6. The molecular weight excluding hydrogens is 230 g/mol. The third-order valence-corrected chi connectivity index (χ3v) is 3.38. The third-order valence-electron chi connectivity index (χ3n) is 3.09. The molecule has 90 valence electrons. The van der Waals surface area contributed by atoms with Gasteiger partial charge in [-0.15, -0.1) is 11.6 Å². The van der Waals surface area contributed by atoms with E-state index < -0.39 is 0 Å². The molecule has 1 aromatic carbocycles. The van der Waals surface area contributed by atoms with Crippen LogP contribution in [0.4, 0.5) is 0 Å². The molecule has 0 fully saturated rings. The van der Waals surface area contributed by atoms with Crippen LogP contribution in [0.3, 0.4) is 0 Å². The molecule has 0 aliphatic heterocycles. The van der Waals surface area contributed by atoms with Crippen LogP contribution < -0.4 is 0 Å². The molecule has 2 aromatic rings. The van der Waals surface area contributed by atoms with E-state index in [-0.39, 0.29) is 0 Å². The van der Waals surface area contributed by atoms with E-state index in [0.717, 1.165) is 11.2 Å². The third kappa shape index (κ3) is 2.30. The van der Waals surface area contributed by atoms with Crippen molar-refractivity contribution < 1.29 is 0 Å². The summed E-state index contributed by atoms with van der Waals surface area (Å²) in [5.41, 5.74) is 5.91. The van der Waals surface area contributed by atoms with Crippen LogP contribution in [0.1, 0.15) is 42.1 Å². The van der Waals surface area contributed by atoms with Crippen LogP contribution in [0, 0.1) is 13.8 Å². The second-order valence-corrected chi connectivity index (χ2v) is 5.24. The van der Waals surface area contributed by atoms with E-state index in [1.807, 2.05) is 0 Å². The molecule has 0 aliphatic rings. The summed E-state index contributed by atoms with van der Waals surface area (Å²) in [4.78, 5) is 4.75. The fraction of sp³-hybridized carbons (Fsp3) is 0.400. The number of rotatable bonds is 2. The van der Waals surface area contributed by atoms with Crippen molar-refractivity contribution in [2.75, 3.05) is 0 Å². The average Bonchev–Trinajstić information content (AvgIpc) is 2.26. The second kappa shape index (κ2) is 4.66. The lowest BCUT2D eigenvalue weighted by Gasteiger charge is -2.12. The zero-order valence-electron chi connectivity index (χ0n) is 10.8. The van der Waals surface area contributed by atoms with E-state index >= 15 is 0 Å². The molecule has 17 heavy (non-hydrogen) atoms. The SMILES string of the molecule is Cc1cc(C)c2c(CCl)cc(C(C)C)nc2c1. The van der Waals surface area contributed by atoms with Gasteiger partial charge in [0.05, 0.1) is 5.52 Å². The molecule has 0 amide bonds. The molecule has 0 saturated carbocycles. The van der Waals surface area contributed by atoms with Crippen molar-refractivity contribution in [2.24, 2.45) is 0 Å². The summed E-state index contributed by atoms with van der Waals surface area (Å²) in [7, 11) is 0. The number of fused-ring (bicyclic) bond motifs is 1. The summed E-state index contributed by atoms with van der Waals surface area (Å²) >= 11 is 6.07. The number of halogens is 1. The Kier molecular flexibility index (Phi) is 3.39. The Bertz CT molecular complexity index is 558. The Morgan fingerprint density at radius 3 is 2.47 bits per heavy atom. The normalized spacial score (nSPS) is 11.4. The first kappa shape index (κ1) is 12.4. The molecule has 0 saturated heterocycles. The molecular formula is C15H18ClN. The molecule has 0 atom stereocenters. The van der Waals surface area contributed by atoms with Gasteiger partial charge < -0.3 is 0 Å². The first-order valence-electron chi connectivity index (χ1n) is 5.99. The minimum atomic E-state index is 0.433. The Labute approximate surface area is 108 Å². The van der Waals surface area contributed by atoms with Crippen LogP contribution >= 0.6 is 11.6 Å². The molecule has 1 aromatic heterocycles. The van der Waals surface area contributed by atoms with Gasteiger partial charge in [0.1, 0.15) is 0 Å². The molecule has 1 heterocycles. The van der Waals surface area contributed by atoms with Crippen molar-refractivity contribution in [1.82, 2.24) is 4.98 Å². The standard InChI is InChI=1S/C15H18ClN/c1-9(2)13-7-12(8-16)15-11(4)5-10(3)6-14(15)17-13/h5-7,9H,8H2,1-4H3. The maximum absolute atomic E-state index is 6.07. The maximum atomic E-state index is 6.07. The molecule has 0 unspecified atom stereocenters. The lowest BCUT2D eigenvalue weighted by molar-refractivity contribution is 0.827. The minimum absolute atomic E-state index is 0.433. The number of aromatic nitrogens is 1. The van der Waals surface area contributed by atoms with Crippen molar-refractivity contribution >= 4 is 22.5 Å². The second-order valence-electron chi connectivity index (χ2n) is 4.97. The van der Waals surface area contributed by atoms with E-state index in [1.165, 1.54) is 22.1 Å². The maximum Gasteiger partial charge on any atom is 0.0713 e. The number of pyridine rings is 1. The van der Waals surface area contributed by atoms with Gasteiger partial charge in [0.15, 0.2) is 0 Å². The Balaban J connectivity index is 2.82. The van der Waals surface area contributed by atoms with Crippen molar-refractivity contribution in [3.05, 3.63) is 40.6 Å². The van der Waals surface area contributed by atoms with Gasteiger partial charge in [-0.25, -0.2) is 0 Å². The van der Waals surface area contributed by atoms with E-state index in [4.69, 9.17) is 16.6 Å². The van der Waals surface area contributed by atoms with Crippen LogP contribution in [-0.2, 0) is 5.88 Å². The Morgan fingerprint density at radius 1 is 1.18 bits per heavy atom. The highest BCUT2D eigenvalue weighted by Gasteiger charge is 2.10. The van der Waals surface area contributed by atoms with Crippen molar-refractivity contribution in [3.8, 4) is 0 Å². The fourth-order valence-corrected chi connectivity index (χ4v) is 2.49. The highest BCUT2D eigenvalue weighted by molar-refractivity contribution is 6.18. The predicted octanol–water partition coefficient (Wildman–Crippen LogP) is 4.71. The molecule has 0 radical (unpaired) electrons. The number of nitrogens with zero attached hydrogens (tertiary/aromatic N) is 1. The smallest absolute Gasteiger partial charge is 0.0713 e. The lowest BCUT2D eigenvalue weighted by Crippen LogP contribution is -1.98. The van der Waals surface area contributed by atoms with Gasteiger partial charge in [0, 0.05) is 17.0 Å². The highest BCUT2D eigenvalue weighted by Crippen LogP contribution is 2.27. The van der Waals surface area contributed by atoms with Crippen LogP contribution in [0.25, 0.3) is 10.9 Å². The monoisotopic (exact) mass is 247 g/mol. The molecule has 0 N–H and O–H groups in total. The van der Waals surface area contributed by atoms with E-state index in [2.05, 4.69) is 45.9 Å². The van der Waals surface area contributed by atoms with Gasteiger partial charge in [-0.3, -0.25) is 4.98 Å². The predicted molar refractivity (Wildman–Crippen MR) is 74.9 cm³/mol. The van der Waals surface area contributed by atoms with Crippen LogP contribution in [-0.4, -0.2) is 4.98 Å². The molecule has 2 rings (SSSR count). The summed E-state index contributed by atoms with van der Waals surface area (Å²) in [6.45, 7) is 8.56. The number of hydrogen-bond donors (Lipinski definition) is 0. The Morgan fingerprint density at radius 2 is 1.88 bits per heavy atom. The number of alkyl halides is 1. The van der Waals surface area contributed by atoms with Crippen LogP contribution in [0.15, 0.2) is 18.2 Å². The summed E-state index contributed by atoms with van der Waals surface area (Å²) in [5.74, 6) is 0.977. The number of hydrogen-bond acceptors (Lipinski definition) is 1. The quantitative estimate of drug-likeness (QED) is 0.700. The average molecular weight is 248 g/mol. The largest absolute Gasteiger partial charge is 0.253 e.